The minimum absolute atomic E-state index is 0.245. The van der Waals surface area contributed by atoms with Gasteiger partial charge in [0.25, 0.3) is 0 Å². The Hall–Kier alpha value is -3.20. The van der Waals surface area contributed by atoms with E-state index in [4.69, 9.17) is 0 Å². The first-order chi connectivity index (χ1) is 14.5. The van der Waals surface area contributed by atoms with E-state index in [0.717, 1.165) is 43.7 Å². The Morgan fingerprint density at radius 1 is 1.20 bits per heavy atom. The molecule has 0 aromatic carbocycles. The monoisotopic (exact) mass is 409 g/mol. The lowest BCUT2D eigenvalue weighted by molar-refractivity contribution is 0.257. The number of fused-ring (bicyclic) bond motifs is 2. The molecule has 1 saturated heterocycles. The minimum Gasteiger partial charge on any atom is -0.368 e. The zero-order valence-corrected chi connectivity index (χ0v) is 17.1. The van der Waals surface area contributed by atoms with Crippen molar-refractivity contribution in [1.82, 2.24) is 19.7 Å². The predicted octanol–water partition coefficient (Wildman–Crippen LogP) is 2.49. The summed E-state index contributed by atoms with van der Waals surface area (Å²) in [7, 11) is 0. The number of imidazole rings is 1. The number of halogens is 1. The average Bonchev–Trinajstić information content (AvgIpc) is 3.32. The van der Waals surface area contributed by atoms with E-state index in [1.54, 1.807) is 28.6 Å². The maximum atomic E-state index is 14.4. The summed E-state index contributed by atoms with van der Waals surface area (Å²) in [6.07, 6.45) is 5.98. The van der Waals surface area contributed by atoms with Crippen LogP contribution in [0.5, 0.6) is 0 Å². The minimum atomic E-state index is -0.475. The van der Waals surface area contributed by atoms with Crippen molar-refractivity contribution in [3.05, 3.63) is 47.3 Å². The van der Waals surface area contributed by atoms with Crippen LogP contribution >= 0.6 is 0 Å². The molecule has 5 rings (SSSR count). The lowest BCUT2D eigenvalue weighted by Crippen LogP contribution is -2.44. The van der Waals surface area contributed by atoms with Crippen LogP contribution < -0.4 is 20.4 Å². The van der Waals surface area contributed by atoms with Gasteiger partial charge in [-0.2, -0.15) is 0 Å². The third-order valence-corrected chi connectivity index (χ3v) is 5.71. The summed E-state index contributed by atoms with van der Waals surface area (Å²) in [5, 5.41) is 6.19. The summed E-state index contributed by atoms with van der Waals surface area (Å²) < 4.78 is 15.9. The Labute approximate surface area is 173 Å². The molecule has 5 heterocycles. The van der Waals surface area contributed by atoms with E-state index in [-0.39, 0.29) is 11.7 Å². The summed E-state index contributed by atoms with van der Waals surface area (Å²) in [4.78, 5) is 25.7. The number of aromatic nitrogens is 3. The number of hydrogen-bond donors (Lipinski definition) is 2. The molecule has 9 heteroatoms. The second-order valence-electron chi connectivity index (χ2n) is 7.85. The third-order valence-electron chi connectivity index (χ3n) is 5.71. The molecule has 0 bridgehead atoms. The average molecular weight is 409 g/mol. The van der Waals surface area contributed by atoms with Crippen LogP contribution in [0.2, 0.25) is 0 Å². The highest BCUT2D eigenvalue weighted by Gasteiger charge is 2.31. The number of carbonyl (C=O) groups excluding carboxylic acids is 1. The highest BCUT2D eigenvalue weighted by Crippen LogP contribution is 2.36. The standard InChI is InChI=1S/C21H24FN7O/c1-13-10-24-19-16(18(13)27-7-4-23-5-8-27)3-6-29(19)21(30)26-15-9-17(22)20-25-14(2)11-28(20)12-15/h9-12,23H,3-8H2,1-2H3,(H,26,30). The van der Waals surface area contributed by atoms with Gasteiger partial charge in [0.15, 0.2) is 11.5 Å². The van der Waals surface area contributed by atoms with Crippen molar-refractivity contribution in [2.24, 2.45) is 0 Å². The normalized spacial score (nSPS) is 16.2. The van der Waals surface area contributed by atoms with E-state index in [1.807, 2.05) is 6.20 Å². The summed E-state index contributed by atoms with van der Waals surface area (Å²) >= 11 is 0. The Kier molecular flexibility index (Phi) is 4.54. The summed E-state index contributed by atoms with van der Waals surface area (Å²) in [6.45, 7) is 8.19. The molecule has 30 heavy (non-hydrogen) atoms. The van der Waals surface area contributed by atoms with Crippen LogP contribution in [0.15, 0.2) is 24.7 Å². The van der Waals surface area contributed by atoms with Gasteiger partial charge in [0.2, 0.25) is 0 Å². The topological polar surface area (TPSA) is 77.8 Å². The smallest absolute Gasteiger partial charge is 0.327 e. The van der Waals surface area contributed by atoms with Crippen molar-refractivity contribution in [2.75, 3.05) is 47.8 Å². The van der Waals surface area contributed by atoms with Crippen LogP contribution in [-0.4, -0.2) is 53.1 Å². The number of nitrogens with zero attached hydrogens (tertiary/aromatic N) is 5. The van der Waals surface area contributed by atoms with E-state index < -0.39 is 5.82 Å². The van der Waals surface area contributed by atoms with Crippen LogP contribution in [0.4, 0.5) is 26.4 Å². The number of rotatable bonds is 2. The Bertz CT molecular complexity index is 1140. The van der Waals surface area contributed by atoms with E-state index in [9.17, 15) is 9.18 Å². The number of carbonyl (C=O) groups is 1. The molecule has 1 fully saturated rings. The molecule has 3 aromatic rings. The fourth-order valence-electron chi connectivity index (χ4n) is 4.40. The third kappa shape index (κ3) is 3.15. The number of amides is 2. The fourth-order valence-corrected chi connectivity index (χ4v) is 4.40. The maximum Gasteiger partial charge on any atom is 0.327 e. The van der Waals surface area contributed by atoms with Crippen LogP contribution in [0.25, 0.3) is 5.65 Å². The predicted molar refractivity (Wildman–Crippen MR) is 114 cm³/mol. The SMILES string of the molecule is Cc1cn2cc(NC(=O)N3CCc4c3ncc(C)c4N3CCNCC3)cc(F)c2n1. The first kappa shape index (κ1) is 18.8. The number of anilines is 3. The van der Waals surface area contributed by atoms with Crippen molar-refractivity contribution >= 4 is 28.9 Å². The van der Waals surface area contributed by atoms with Gasteiger partial charge in [-0.25, -0.2) is 19.2 Å². The molecule has 3 aromatic heterocycles. The fraction of sp³-hybridized carbons (Fsp3) is 0.381. The molecule has 2 amide bonds. The molecule has 0 unspecified atom stereocenters. The largest absolute Gasteiger partial charge is 0.368 e. The van der Waals surface area contributed by atoms with Gasteiger partial charge in [-0.05, 0) is 25.8 Å². The molecule has 0 atom stereocenters. The van der Waals surface area contributed by atoms with Crippen molar-refractivity contribution in [1.29, 1.82) is 0 Å². The number of pyridine rings is 2. The van der Waals surface area contributed by atoms with E-state index in [1.165, 1.54) is 11.8 Å². The number of hydrogen-bond acceptors (Lipinski definition) is 5. The summed E-state index contributed by atoms with van der Waals surface area (Å²) in [6, 6.07) is 0.984. The number of aryl methyl sites for hydroxylation is 2. The van der Waals surface area contributed by atoms with Crippen LogP contribution in [0.1, 0.15) is 16.8 Å². The highest BCUT2D eigenvalue weighted by atomic mass is 19.1. The van der Waals surface area contributed by atoms with Gasteiger partial charge < -0.3 is 19.9 Å². The van der Waals surface area contributed by atoms with Gasteiger partial charge in [-0.15, -0.1) is 0 Å². The van der Waals surface area contributed by atoms with Crippen molar-refractivity contribution in [3.8, 4) is 0 Å². The second-order valence-corrected chi connectivity index (χ2v) is 7.85. The lowest BCUT2D eigenvalue weighted by Gasteiger charge is -2.32. The Morgan fingerprint density at radius 3 is 2.80 bits per heavy atom. The van der Waals surface area contributed by atoms with Crippen LogP contribution in [0.3, 0.4) is 0 Å². The molecule has 2 aliphatic rings. The van der Waals surface area contributed by atoms with Crippen molar-refractivity contribution in [2.45, 2.75) is 20.3 Å². The van der Waals surface area contributed by atoms with Gasteiger partial charge in [0, 0.05) is 68.6 Å². The van der Waals surface area contributed by atoms with E-state index in [0.29, 0.717) is 23.7 Å². The van der Waals surface area contributed by atoms with Crippen LogP contribution in [-0.2, 0) is 6.42 Å². The molecule has 156 valence electrons. The molecule has 0 spiro atoms. The highest BCUT2D eigenvalue weighted by molar-refractivity contribution is 6.03. The van der Waals surface area contributed by atoms with Gasteiger partial charge in [0.1, 0.15) is 5.82 Å². The molecule has 0 radical (unpaired) electrons. The van der Waals surface area contributed by atoms with Crippen LogP contribution in [0, 0.1) is 19.7 Å². The van der Waals surface area contributed by atoms with E-state index >= 15 is 0 Å². The summed E-state index contributed by atoms with van der Waals surface area (Å²) in [5.74, 6) is 0.212. The van der Waals surface area contributed by atoms with Crippen molar-refractivity contribution < 1.29 is 9.18 Å². The van der Waals surface area contributed by atoms with E-state index in [2.05, 4.69) is 32.4 Å². The second kappa shape index (κ2) is 7.24. The van der Waals surface area contributed by atoms with Crippen molar-refractivity contribution in [3.63, 3.8) is 0 Å². The molecule has 0 aliphatic carbocycles. The maximum absolute atomic E-state index is 14.4. The lowest BCUT2D eigenvalue weighted by atomic mass is 10.1. The molecule has 0 saturated carbocycles. The zero-order valence-electron chi connectivity index (χ0n) is 17.1. The number of urea groups is 1. The molecule has 2 aliphatic heterocycles. The first-order valence-corrected chi connectivity index (χ1v) is 10.2. The van der Waals surface area contributed by atoms with Gasteiger partial charge in [-0.1, -0.05) is 0 Å². The molecule has 8 nitrogen and oxygen atoms in total. The Morgan fingerprint density at radius 2 is 2.00 bits per heavy atom. The molecule has 2 N–H and O–H groups in total. The Balaban J connectivity index is 1.42. The summed E-state index contributed by atoms with van der Waals surface area (Å²) in [5.41, 5.74) is 4.77. The van der Waals surface area contributed by atoms with Gasteiger partial charge >= 0.3 is 6.03 Å². The molecular formula is C21H24FN7O. The quantitative estimate of drug-likeness (QED) is 0.680. The number of nitrogens with one attached hydrogen (secondary N) is 2. The van der Waals surface area contributed by atoms with Gasteiger partial charge in [-0.3, -0.25) is 4.90 Å². The van der Waals surface area contributed by atoms with Gasteiger partial charge in [0.05, 0.1) is 11.4 Å². The molecular weight excluding hydrogens is 385 g/mol. The number of piperazine rings is 1. The first-order valence-electron chi connectivity index (χ1n) is 10.2. The zero-order chi connectivity index (χ0) is 20.8.